The van der Waals surface area contributed by atoms with E-state index in [2.05, 4.69) is 11.2 Å². The third-order valence-corrected chi connectivity index (χ3v) is 3.13. The quantitative estimate of drug-likeness (QED) is 0.478. The topological polar surface area (TPSA) is 92.8 Å². The van der Waals surface area contributed by atoms with Crippen molar-refractivity contribution in [2.45, 2.75) is 12.8 Å². The van der Waals surface area contributed by atoms with Crippen LogP contribution in [0.3, 0.4) is 0 Å². The van der Waals surface area contributed by atoms with Gasteiger partial charge in [0.05, 0.1) is 17.8 Å². The van der Waals surface area contributed by atoms with E-state index in [-0.39, 0.29) is 36.8 Å². The molecule has 0 unspecified atom stereocenters. The molecule has 0 radical (unpaired) electrons. The van der Waals surface area contributed by atoms with Gasteiger partial charge < -0.3 is 10.1 Å². The number of ether oxygens (including phenoxy) is 1. The molecule has 0 spiro atoms. The van der Waals surface area contributed by atoms with Crippen molar-refractivity contribution in [3.05, 3.63) is 29.8 Å². The van der Waals surface area contributed by atoms with E-state index >= 15 is 0 Å². The number of hydrogen-bond acceptors (Lipinski definition) is 5. The summed E-state index contributed by atoms with van der Waals surface area (Å²) in [7, 11) is 0. The normalized spacial score (nSPS) is 13.6. The van der Waals surface area contributed by atoms with Gasteiger partial charge in [-0.05, 0) is 24.3 Å². The standard InChI is InChI=1S/C16H14N2O5/c1-2-9-17-13(19)10-23-16(22)11-3-5-12(6-4-11)18-14(20)7-8-15(18)21/h1,3-6H,7-10H2,(H,17,19). The fourth-order valence-electron chi connectivity index (χ4n) is 2.03. The maximum absolute atomic E-state index is 11.8. The van der Waals surface area contributed by atoms with Crippen LogP contribution in [0.4, 0.5) is 5.69 Å². The van der Waals surface area contributed by atoms with Gasteiger partial charge >= 0.3 is 5.97 Å². The SMILES string of the molecule is C#CCNC(=O)COC(=O)c1ccc(N2C(=O)CCC2=O)cc1. The number of esters is 1. The van der Waals surface area contributed by atoms with E-state index in [1.54, 1.807) is 0 Å². The van der Waals surface area contributed by atoms with E-state index in [1.807, 2.05) is 0 Å². The van der Waals surface area contributed by atoms with Gasteiger partial charge in [0.2, 0.25) is 11.8 Å². The predicted octanol–water partition coefficient (Wildman–Crippen LogP) is 0.246. The highest BCUT2D eigenvalue weighted by Crippen LogP contribution is 2.22. The molecule has 0 aliphatic carbocycles. The first-order chi connectivity index (χ1) is 11.0. The van der Waals surface area contributed by atoms with E-state index in [1.165, 1.54) is 24.3 Å². The van der Waals surface area contributed by atoms with Gasteiger partial charge in [-0.3, -0.25) is 19.3 Å². The zero-order chi connectivity index (χ0) is 16.8. The summed E-state index contributed by atoms with van der Waals surface area (Å²) in [5.41, 5.74) is 0.610. The van der Waals surface area contributed by atoms with Gasteiger partial charge in [0.25, 0.3) is 5.91 Å². The molecule has 1 aromatic rings. The number of imide groups is 1. The molecule has 23 heavy (non-hydrogen) atoms. The Kier molecular flexibility index (Phi) is 5.10. The number of anilines is 1. The molecule has 2 rings (SSSR count). The van der Waals surface area contributed by atoms with Crippen LogP contribution >= 0.6 is 0 Å². The number of hydrogen-bond donors (Lipinski definition) is 1. The molecule has 7 nitrogen and oxygen atoms in total. The van der Waals surface area contributed by atoms with Crippen LogP contribution in [0.25, 0.3) is 0 Å². The van der Waals surface area contributed by atoms with Crippen molar-refractivity contribution in [3.63, 3.8) is 0 Å². The summed E-state index contributed by atoms with van der Waals surface area (Å²) in [5.74, 6) is 0.502. The number of terminal acetylenes is 1. The van der Waals surface area contributed by atoms with E-state index in [4.69, 9.17) is 11.2 Å². The van der Waals surface area contributed by atoms with Crippen LogP contribution in [-0.4, -0.2) is 36.8 Å². The molecule has 1 aromatic carbocycles. The Morgan fingerprint density at radius 1 is 1.17 bits per heavy atom. The van der Waals surface area contributed by atoms with Crippen molar-refractivity contribution < 1.29 is 23.9 Å². The Morgan fingerprint density at radius 3 is 2.35 bits per heavy atom. The molecule has 0 atom stereocenters. The minimum atomic E-state index is -0.688. The highest BCUT2D eigenvalue weighted by Gasteiger charge is 2.30. The first-order valence-corrected chi connectivity index (χ1v) is 6.86. The molecule has 1 N–H and O–H groups in total. The van der Waals surface area contributed by atoms with Crippen LogP contribution in [0.2, 0.25) is 0 Å². The molecule has 0 bridgehead atoms. The van der Waals surface area contributed by atoms with E-state index in [0.29, 0.717) is 5.69 Å². The molecule has 3 amide bonds. The summed E-state index contributed by atoms with van der Waals surface area (Å²) >= 11 is 0. The summed E-state index contributed by atoms with van der Waals surface area (Å²) in [5, 5.41) is 2.36. The van der Waals surface area contributed by atoms with Gasteiger partial charge in [-0.1, -0.05) is 5.92 Å². The summed E-state index contributed by atoms with van der Waals surface area (Å²) in [6, 6.07) is 5.82. The summed E-state index contributed by atoms with van der Waals surface area (Å²) in [6.45, 7) is -0.381. The monoisotopic (exact) mass is 314 g/mol. The molecule has 1 saturated heterocycles. The average molecular weight is 314 g/mol. The molecular formula is C16H14N2O5. The number of rotatable bonds is 5. The van der Waals surface area contributed by atoms with E-state index in [0.717, 1.165) is 4.90 Å². The Morgan fingerprint density at radius 2 is 1.78 bits per heavy atom. The predicted molar refractivity (Wildman–Crippen MR) is 80.3 cm³/mol. The molecular weight excluding hydrogens is 300 g/mol. The summed E-state index contributed by atoms with van der Waals surface area (Å²) in [4.78, 5) is 47.4. The van der Waals surface area contributed by atoms with Gasteiger partial charge in [0.15, 0.2) is 6.61 Å². The molecule has 1 heterocycles. The van der Waals surface area contributed by atoms with Gasteiger partial charge in [-0.15, -0.1) is 6.42 Å². The second-order valence-corrected chi connectivity index (χ2v) is 4.73. The van der Waals surface area contributed by atoms with Crippen molar-refractivity contribution >= 4 is 29.4 Å². The molecule has 118 valence electrons. The molecule has 1 fully saturated rings. The van der Waals surface area contributed by atoms with Gasteiger partial charge in [0, 0.05) is 12.8 Å². The molecule has 7 heteroatoms. The second-order valence-electron chi connectivity index (χ2n) is 4.73. The van der Waals surface area contributed by atoms with Crippen LogP contribution in [0, 0.1) is 12.3 Å². The fourth-order valence-corrected chi connectivity index (χ4v) is 2.03. The lowest BCUT2D eigenvalue weighted by molar-refractivity contribution is -0.124. The number of carbonyl (C=O) groups is 4. The molecule has 0 saturated carbocycles. The summed E-state index contributed by atoms with van der Waals surface area (Å²) in [6.07, 6.45) is 5.36. The maximum atomic E-state index is 11.8. The van der Waals surface area contributed by atoms with Crippen LogP contribution in [0.1, 0.15) is 23.2 Å². The Bertz CT molecular complexity index is 671. The number of amides is 3. The van der Waals surface area contributed by atoms with Crippen molar-refractivity contribution in [2.24, 2.45) is 0 Å². The van der Waals surface area contributed by atoms with Crippen LogP contribution in [-0.2, 0) is 19.1 Å². The number of nitrogens with one attached hydrogen (secondary N) is 1. The van der Waals surface area contributed by atoms with Crippen molar-refractivity contribution in [1.82, 2.24) is 5.32 Å². The van der Waals surface area contributed by atoms with Crippen molar-refractivity contribution in [2.75, 3.05) is 18.1 Å². The Labute approximate surface area is 132 Å². The largest absolute Gasteiger partial charge is 0.452 e. The summed E-state index contributed by atoms with van der Waals surface area (Å²) < 4.78 is 4.83. The first-order valence-electron chi connectivity index (χ1n) is 6.86. The zero-order valence-corrected chi connectivity index (χ0v) is 12.2. The molecule has 1 aliphatic heterocycles. The van der Waals surface area contributed by atoms with E-state index < -0.39 is 18.5 Å². The second kappa shape index (κ2) is 7.22. The Balaban J connectivity index is 1.95. The third-order valence-electron chi connectivity index (χ3n) is 3.13. The Hall–Kier alpha value is -3.14. The highest BCUT2D eigenvalue weighted by molar-refractivity contribution is 6.19. The molecule has 0 aromatic heterocycles. The molecule has 1 aliphatic rings. The number of benzene rings is 1. The minimum Gasteiger partial charge on any atom is -0.452 e. The van der Waals surface area contributed by atoms with Crippen LogP contribution in [0.15, 0.2) is 24.3 Å². The maximum Gasteiger partial charge on any atom is 0.338 e. The lowest BCUT2D eigenvalue weighted by Gasteiger charge is -2.13. The van der Waals surface area contributed by atoms with Gasteiger partial charge in [0.1, 0.15) is 0 Å². The van der Waals surface area contributed by atoms with E-state index in [9.17, 15) is 19.2 Å². The van der Waals surface area contributed by atoms with Gasteiger partial charge in [-0.25, -0.2) is 4.79 Å². The smallest absolute Gasteiger partial charge is 0.338 e. The number of carbonyl (C=O) groups excluding carboxylic acids is 4. The lowest BCUT2D eigenvalue weighted by atomic mass is 10.2. The third kappa shape index (κ3) is 3.95. The van der Waals surface area contributed by atoms with Crippen molar-refractivity contribution in [3.8, 4) is 12.3 Å². The minimum absolute atomic E-state index is 0.0585. The van der Waals surface area contributed by atoms with Crippen molar-refractivity contribution in [1.29, 1.82) is 0 Å². The fraction of sp³-hybridized carbons (Fsp3) is 0.250. The highest BCUT2D eigenvalue weighted by atomic mass is 16.5. The number of nitrogens with zero attached hydrogens (tertiary/aromatic N) is 1. The first kappa shape index (κ1) is 16.2. The van der Waals surface area contributed by atoms with Crippen LogP contribution in [0.5, 0.6) is 0 Å². The zero-order valence-electron chi connectivity index (χ0n) is 12.2. The van der Waals surface area contributed by atoms with Gasteiger partial charge in [-0.2, -0.15) is 0 Å². The average Bonchev–Trinajstić information content (AvgIpc) is 2.89. The lowest BCUT2D eigenvalue weighted by Crippen LogP contribution is -2.29. The van der Waals surface area contributed by atoms with Crippen LogP contribution < -0.4 is 10.2 Å².